The Kier molecular flexibility index (Phi) is 6.54. The number of anilines is 2. The standard InChI is InChI=1S/C21H26N6.C2H6/c1-4-6-17(22)13-7-5-8-14(9-13)18-10-15-19-16(11-24-12-27(19)3)20(23-2)26-21(15)25-18;1-2/h5,7-10,12,17H,4,6,11,22H2,1-3H3,(H2,23,25,26);1-2H3. The topological polar surface area (TPSA) is 82.3 Å². The van der Waals surface area contributed by atoms with E-state index in [1.165, 1.54) is 5.56 Å². The highest BCUT2D eigenvalue weighted by Crippen LogP contribution is 2.38. The Morgan fingerprint density at radius 1 is 1.28 bits per heavy atom. The number of rotatable bonds is 5. The molecule has 1 atom stereocenters. The number of pyridine rings is 1. The maximum absolute atomic E-state index is 6.32. The molecule has 6 heteroatoms. The smallest absolute Gasteiger partial charge is 0.142 e. The third-order valence-electron chi connectivity index (χ3n) is 5.17. The van der Waals surface area contributed by atoms with Crippen molar-refractivity contribution in [2.75, 3.05) is 24.3 Å². The summed E-state index contributed by atoms with van der Waals surface area (Å²) in [5.41, 5.74) is 12.8. The fraction of sp³-hybridized carbons (Fsp3) is 0.391. The molecule has 0 saturated carbocycles. The number of nitrogens with two attached hydrogens (primary N) is 1. The molecule has 1 aliphatic rings. The largest absolute Gasteiger partial charge is 0.373 e. The highest BCUT2D eigenvalue weighted by molar-refractivity contribution is 6.02. The lowest BCUT2D eigenvalue weighted by molar-refractivity contribution is 0.638. The first-order valence-corrected chi connectivity index (χ1v) is 10.4. The molecule has 154 valence electrons. The Morgan fingerprint density at radius 2 is 2.07 bits per heavy atom. The van der Waals surface area contributed by atoms with Crippen LogP contribution in [0, 0.1) is 0 Å². The molecule has 1 unspecified atom stereocenters. The normalized spacial score (nSPS) is 13.7. The summed E-state index contributed by atoms with van der Waals surface area (Å²) in [6.07, 6.45) is 3.94. The number of aromatic nitrogens is 2. The number of benzene rings is 1. The van der Waals surface area contributed by atoms with E-state index in [1.807, 2.05) is 34.3 Å². The van der Waals surface area contributed by atoms with Crippen LogP contribution < -0.4 is 16.0 Å². The number of aromatic amines is 1. The number of hydrogen-bond donors (Lipinski definition) is 3. The molecule has 0 amide bonds. The summed E-state index contributed by atoms with van der Waals surface area (Å²) in [7, 11) is 3.92. The minimum atomic E-state index is 0.0726. The summed E-state index contributed by atoms with van der Waals surface area (Å²) in [5, 5.41) is 4.31. The minimum absolute atomic E-state index is 0.0726. The van der Waals surface area contributed by atoms with Gasteiger partial charge >= 0.3 is 0 Å². The van der Waals surface area contributed by atoms with Gasteiger partial charge in [-0.05, 0) is 29.7 Å². The number of fused-ring (bicyclic) bond motifs is 3. The van der Waals surface area contributed by atoms with Gasteiger partial charge in [-0.3, -0.25) is 4.99 Å². The van der Waals surface area contributed by atoms with Gasteiger partial charge in [-0.1, -0.05) is 45.4 Å². The van der Waals surface area contributed by atoms with E-state index in [2.05, 4.69) is 57.4 Å². The van der Waals surface area contributed by atoms with Gasteiger partial charge in [-0.25, -0.2) is 4.98 Å². The average molecular weight is 393 g/mol. The molecule has 3 heterocycles. The molecule has 29 heavy (non-hydrogen) atoms. The first-order chi connectivity index (χ1) is 14.1. The van der Waals surface area contributed by atoms with E-state index >= 15 is 0 Å². The van der Waals surface area contributed by atoms with Gasteiger partial charge in [-0.2, -0.15) is 0 Å². The number of hydrogen-bond acceptors (Lipinski definition) is 5. The van der Waals surface area contributed by atoms with Gasteiger partial charge in [0.1, 0.15) is 11.5 Å². The molecule has 0 radical (unpaired) electrons. The summed E-state index contributed by atoms with van der Waals surface area (Å²) in [6.45, 7) is 6.80. The van der Waals surface area contributed by atoms with Crippen LogP contribution in [0.1, 0.15) is 50.8 Å². The molecule has 3 aromatic rings. The van der Waals surface area contributed by atoms with Crippen LogP contribution in [-0.2, 0) is 6.54 Å². The van der Waals surface area contributed by atoms with Crippen molar-refractivity contribution in [1.82, 2.24) is 9.97 Å². The van der Waals surface area contributed by atoms with Crippen molar-refractivity contribution in [3.8, 4) is 11.3 Å². The molecule has 4 rings (SSSR count). The molecule has 4 N–H and O–H groups in total. The van der Waals surface area contributed by atoms with Crippen LogP contribution in [0.25, 0.3) is 22.3 Å². The predicted octanol–water partition coefficient (Wildman–Crippen LogP) is 5.08. The third kappa shape index (κ3) is 3.98. The molecule has 1 aliphatic heterocycles. The van der Waals surface area contributed by atoms with Gasteiger partial charge in [0.2, 0.25) is 0 Å². The molecular formula is C23H32N6. The molecule has 2 aromatic heterocycles. The summed E-state index contributed by atoms with van der Waals surface area (Å²) in [4.78, 5) is 14.8. The van der Waals surface area contributed by atoms with E-state index in [4.69, 9.17) is 10.7 Å². The Bertz CT molecular complexity index is 1000. The fourth-order valence-electron chi connectivity index (χ4n) is 3.81. The summed E-state index contributed by atoms with van der Waals surface area (Å²) in [6, 6.07) is 10.7. The van der Waals surface area contributed by atoms with Crippen molar-refractivity contribution in [3.05, 3.63) is 41.5 Å². The fourth-order valence-corrected chi connectivity index (χ4v) is 3.81. The monoisotopic (exact) mass is 392 g/mol. The Morgan fingerprint density at radius 3 is 2.79 bits per heavy atom. The number of aliphatic imine (C=N–C) groups is 1. The van der Waals surface area contributed by atoms with Crippen LogP contribution in [0.15, 0.2) is 35.3 Å². The zero-order valence-electron chi connectivity index (χ0n) is 18.1. The van der Waals surface area contributed by atoms with E-state index in [1.54, 1.807) is 0 Å². The second kappa shape index (κ2) is 9.09. The lowest BCUT2D eigenvalue weighted by Gasteiger charge is -2.23. The second-order valence-electron chi connectivity index (χ2n) is 7.07. The van der Waals surface area contributed by atoms with Gasteiger partial charge in [0.15, 0.2) is 0 Å². The number of nitrogens with zero attached hydrogens (tertiary/aromatic N) is 3. The minimum Gasteiger partial charge on any atom is -0.373 e. The summed E-state index contributed by atoms with van der Waals surface area (Å²) in [5.74, 6) is 0.869. The predicted molar refractivity (Wildman–Crippen MR) is 125 cm³/mol. The van der Waals surface area contributed by atoms with Crippen LogP contribution in [0.4, 0.5) is 11.5 Å². The molecule has 0 bridgehead atoms. The van der Waals surface area contributed by atoms with E-state index in [0.29, 0.717) is 6.54 Å². The Balaban J connectivity index is 0.00000117. The molecule has 6 nitrogen and oxygen atoms in total. The molecule has 0 saturated heterocycles. The van der Waals surface area contributed by atoms with Crippen molar-refractivity contribution >= 4 is 28.9 Å². The molecule has 0 fully saturated rings. The lowest BCUT2D eigenvalue weighted by Crippen LogP contribution is -2.21. The van der Waals surface area contributed by atoms with E-state index in [0.717, 1.165) is 52.2 Å². The Hall–Kier alpha value is -2.86. The first-order valence-electron chi connectivity index (χ1n) is 10.4. The molecule has 0 aliphatic carbocycles. The Labute approximate surface area is 173 Å². The lowest BCUT2D eigenvalue weighted by atomic mass is 10.00. The van der Waals surface area contributed by atoms with Gasteiger partial charge in [-0.15, -0.1) is 0 Å². The van der Waals surface area contributed by atoms with E-state index < -0.39 is 0 Å². The number of nitrogens with one attached hydrogen (secondary N) is 2. The van der Waals surface area contributed by atoms with E-state index in [9.17, 15) is 0 Å². The second-order valence-corrected chi connectivity index (χ2v) is 7.07. The number of H-pyrrole nitrogens is 1. The first kappa shape index (κ1) is 20.9. The molecule has 1 aromatic carbocycles. The van der Waals surface area contributed by atoms with Crippen LogP contribution in [-0.4, -0.2) is 30.4 Å². The third-order valence-corrected chi connectivity index (χ3v) is 5.17. The van der Waals surface area contributed by atoms with Crippen LogP contribution in [0.5, 0.6) is 0 Å². The van der Waals surface area contributed by atoms with Gasteiger partial charge < -0.3 is 20.9 Å². The van der Waals surface area contributed by atoms with Gasteiger partial charge in [0, 0.05) is 36.8 Å². The van der Waals surface area contributed by atoms with E-state index in [-0.39, 0.29) is 6.04 Å². The van der Waals surface area contributed by atoms with Gasteiger partial charge in [0.05, 0.1) is 18.6 Å². The maximum atomic E-state index is 6.32. The van der Waals surface area contributed by atoms with Crippen molar-refractivity contribution in [3.63, 3.8) is 0 Å². The van der Waals surface area contributed by atoms with Crippen molar-refractivity contribution in [2.24, 2.45) is 10.7 Å². The van der Waals surface area contributed by atoms with Crippen LogP contribution >= 0.6 is 0 Å². The quantitative estimate of drug-likeness (QED) is 0.566. The van der Waals surface area contributed by atoms with Crippen LogP contribution in [0.3, 0.4) is 0 Å². The van der Waals surface area contributed by atoms with Crippen molar-refractivity contribution < 1.29 is 0 Å². The van der Waals surface area contributed by atoms with Gasteiger partial charge in [0.25, 0.3) is 0 Å². The highest BCUT2D eigenvalue weighted by Gasteiger charge is 2.21. The van der Waals surface area contributed by atoms with Crippen molar-refractivity contribution in [1.29, 1.82) is 0 Å². The summed E-state index contributed by atoms with van der Waals surface area (Å²) >= 11 is 0. The highest BCUT2D eigenvalue weighted by atomic mass is 15.2. The summed E-state index contributed by atoms with van der Waals surface area (Å²) < 4.78 is 0. The SMILES string of the molecule is CC.CCCC(N)c1cccc(-c2cc3c4c(c(NC)nc3[nH]2)CN=CN4C)c1. The zero-order chi connectivity index (χ0) is 21.0. The zero-order valence-corrected chi connectivity index (χ0v) is 18.1. The maximum Gasteiger partial charge on any atom is 0.142 e. The molecule has 0 spiro atoms. The van der Waals surface area contributed by atoms with Crippen molar-refractivity contribution in [2.45, 2.75) is 46.2 Å². The average Bonchev–Trinajstić information content (AvgIpc) is 3.19. The molecular weight excluding hydrogens is 360 g/mol. The van der Waals surface area contributed by atoms with Crippen LogP contribution in [0.2, 0.25) is 0 Å².